The molecule has 1 fully saturated rings. The van der Waals surface area contributed by atoms with Crippen LogP contribution in [0.4, 0.5) is 4.79 Å². The molecule has 5 heteroatoms. The van der Waals surface area contributed by atoms with Gasteiger partial charge < -0.3 is 15.4 Å². The summed E-state index contributed by atoms with van der Waals surface area (Å²) in [6.45, 7) is 1.59. The van der Waals surface area contributed by atoms with Crippen LogP contribution in [-0.2, 0) is 11.3 Å². The average molecular weight is 299 g/mol. The first-order valence-corrected chi connectivity index (χ1v) is 6.36. The molecule has 1 saturated heterocycles. The van der Waals surface area contributed by atoms with Crippen LogP contribution in [-0.4, -0.2) is 30.1 Å². The van der Waals surface area contributed by atoms with Gasteiger partial charge in [0.15, 0.2) is 0 Å². The number of amides is 1. The van der Waals surface area contributed by atoms with Crippen LogP contribution in [0.2, 0.25) is 0 Å². The quantitative estimate of drug-likeness (QED) is 0.910. The Morgan fingerprint density at radius 2 is 2.18 bits per heavy atom. The molecule has 1 atom stereocenters. The van der Waals surface area contributed by atoms with Crippen molar-refractivity contribution in [2.45, 2.75) is 19.1 Å². The molecule has 4 nitrogen and oxygen atoms in total. The first-order chi connectivity index (χ1) is 8.15. The summed E-state index contributed by atoms with van der Waals surface area (Å²) in [7, 11) is 0. The number of benzene rings is 1. The predicted molar refractivity (Wildman–Crippen MR) is 68.5 cm³/mol. The summed E-state index contributed by atoms with van der Waals surface area (Å²) in [6.07, 6.45) is 0.578. The van der Waals surface area contributed by atoms with Crippen molar-refractivity contribution in [3.8, 4) is 0 Å². The molecule has 1 aromatic rings. The number of hydrogen-bond donors (Lipinski definition) is 1. The lowest BCUT2D eigenvalue weighted by Gasteiger charge is -2.15. The van der Waals surface area contributed by atoms with E-state index in [0.29, 0.717) is 19.7 Å². The van der Waals surface area contributed by atoms with E-state index in [1.54, 1.807) is 4.90 Å². The van der Waals surface area contributed by atoms with Crippen LogP contribution in [0.5, 0.6) is 0 Å². The summed E-state index contributed by atoms with van der Waals surface area (Å²) < 4.78 is 6.23. The molecular formula is C12H15BrN2O2. The van der Waals surface area contributed by atoms with E-state index in [0.717, 1.165) is 16.5 Å². The number of halogens is 1. The highest BCUT2D eigenvalue weighted by Crippen LogP contribution is 2.13. The van der Waals surface area contributed by atoms with E-state index in [1.807, 2.05) is 24.3 Å². The summed E-state index contributed by atoms with van der Waals surface area (Å²) in [6, 6.07) is 7.79. The third-order valence-electron chi connectivity index (χ3n) is 2.76. The van der Waals surface area contributed by atoms with Crippen molar-refractivity contribution in [2.24, 2.45) is 5.73 Å². The zero-order valence-electron chi connectivity index (χ0n) is 9.43. The number of nitrogens with zero attached hydrogens (tertiary/aromatic N) is 1. The van der Waals surface area contributed by atoms with Crippen molar-refractivity contribution in [3.05, 3.63) is 34.3 Å². The molecule has 1 unspecified atom stereocenters. The van der Waals surface area contributed by atoms with Crippen LogP contribution in [0, 0.1) is 0 Å². The van der Waals surface area contributed by atoms with Crippen molar-refractivity contribution in [1.29, 1.82) is 0 Å². The van der Waals surface area contributed by atoms with E-state index in [9.17, 15) is 4.79 Å². The second kappa shape index (κ2) is 5.51. The fourth-order valence-corrected chi connectivity index (χ4v) is 2.03. The minimum absolute atomic E-state index is 0.0928. The van der Waals surface area contributed by atoms with Crippen molar-refractivity contribution in [2.75, 3.05) is 13.1 Å². The van der Waals surface area contributed by atoms with Gasteiger partial charge in [-0.2, -0.15) is 0 Å². The SMILES string of the molecule is NC1CCN(C(=O)OCc2ccc(Br)cc2)C1. The molecule has 0 radical (unpaired) electrons. The predicted octanol–water partition coefficient (Wildman–Crippen LogP) is 2.12. The average Bonchev–Trinajstić information content (AvgIpc) is 2.75. The first kappa shape index (κ1) is 12.4. The summed E-state index contributed by atoms with van der Waals surface area (Å²) in [5.74, 6) is 0. The second-order valence-corrected chi connectivity index (χ2v) is 5.09. The van der Waals surface area contributed by atoms with Crippen molar-refractivity contribution < 1.29 is 9.53 Å². The Morgan fingerprint density at radius 3 is 2.76 bits per heavy atom. The Labute approximate surface area is 109 Å². The zero-order chi connectivity index (χ0) is 12.3. The molecule has 0 spiro atoms. The summed E-state index contributed by atoms with van der Waals surface area (Å²) in [5.41, 5.74) is 6.71. The summed E-state index contributed by atoms with van der Waals surface area (Å²) in [5, 5.41) is 0. The monoisotopic (exact) mass is 298 g/mol. The van der Waals surface area contributed by atoms with Crippen LogP contribution in [0.25, 0.3) is 0 Å². The smallest absolute Gasteiger partial charge is 0.410 e. The van der Waals surface area contributed by atoms with Gasteiger partial charge in [0, 0.05) is 23.6 Å². The fraction of sp³-hybridized carbons (Fsp3) is 0.417. The van der Waals surface area contributed by atoms with Gasteiger partial charge in [-0.25, -0.2) is 4.79 Å². The molecule has 17 heavy (non-hydrogen) atoms. The number of carbonyl (C=O) groups is 1. The number of hydrogen-bond acceptors (Lipinski definition) is 3. The Kier molecular flexibility index (Phi) is 4.02. The lowest BCUT2D eigenvalue weighted by atomic mass is 10.2. The van der Waals surface area contributed by atoms with E-state index in [4.69, 9.17) is 10.5 Å². The number of carbonyl (C=O) groups excluding carboxylic acids is 1. The second-order valence-electron chi connectivity index (χ2n) is 4.18. The number of nitrogens with two attached hydrogens (primary N) is 1. The van der Waals surface area contributed by atoms with Gasteiger partial charge in [0.05, 0.1) is 0 Å². The van der Waals surface area contributed by atoms with Gasteiger partial charge in [-0.15, -0.1) is 0 Å². The largest absolute Gasteiger partial charge is 0.445 e. The molecule has 1 aliphatic rings. The van der Waals surface area contributed by atoms with Crippen LogP contribution in [0.15, 0.2) is 28.7 Å². The Balaban J connectivity index is 1.82. The molecular weight excluding hydrogens is 284 g/mol. The van der Waals surface area contributed by atoms with E-state index in [1.165, 1.54) is 0 Å². The van der Waals surface area contributed by atoms with Crippen LogP contribution < -0.4 is 5.73 Å². The van der Waals surface area contributed by atoms with E-state index >= 15 is 0 Å². The third kappa shape index (κ3) is 3.44. The van der Waals surface area contributed by atoms with Crippen molar-refractivity contribution >= 4 is 22.0 Å². The zero-order valence-corrected chi connectivity index (χ0v) is 11.0. The first-order valence-electron chi connectivity index (χ1n) is 5.57. The molecule has 92 valence electrons. The highest BCUT2D eigenvalue weighted by molar-refractivity contribution is 9.10. The van der Waals surface area contributed by atoms with E-state index < -0.39 is 0 Å². The molecule has 1 heterocycles. The third-order valence-corrected chi connectivity index (χ3v) is 3.29. The highest BCUT2D eigenvalue weighted by atomic mass is 79.9. The normalized spacial score (nSPS) is 19.4. The molecule has 1 aromatic carbocycles. The van der Waals surface area contributed by atoms with Crippen LogP contribution in [0.1, 0.15) is 12.0 Å². The minimum Gasteiger partial charge on any atom is -0.445 e. The fourth-order valence-electron chi connectivity index (χ4n) is 1.77. The van der Waals surface area contributed by atoms with Crippen molar-refractivity contribution in [3.63, 3.8) is 0 Å². The molecule has 0 aliphatic carbocycles. The maximum atomic E-state index is 11.7. The van der Waals surface area contributed by atoms with E-state index in [2.05, 4.69) is 15.9 Å². The Hall–Kier alpha value is -1.07. The maximum Gasteiger partial charge on any atom is 0.410 e. The number of rotatable bonds is 2. The van der Waals surface area contributed by atoms with Gasteiger partial charge in [-0.3, -0.25) is 0 Å². The van der Waals surface area contributed by atoms with Crippen molar-refractivity contribution in [1.82, 2.24) is 4.90 Å². The topological polar surface area (TPSA) is 55.6 Å². The number of likely N-dealkylation sites (tertiary alicyclic amines) is 1. The van der Waals surface area contributed by atoms with Gasteiger partial charge in [-0.05, 0) is 24.1 Å². The molecule has 0 saturated carbocycles. The lowest BCUT2D eigenvalue weighted by Crippen LogP contribution is -2.32. The molecule has 1 aliphatic heterocycles. The summed E-state index contributed by atoms with van der Waals surface area (Å²) in [4.78, 5) is 13.3. The molecule has 2 rings (SSSR count). The standard InChI is InChI=1S/C12H15BrN2O2/c13-10-3-1-9(2-4-10)8-17-12(16)15-6-5-11(14)7-15/h1-4,11H,5-8,14H2. The summed E-state index contributed by atoms with van der Waals surface area (Å²) >= 11 is 3.36. The van der Waals surface area contributed by atoms with Gasteiger partial charge in [-0.1, -0.05) is 28.1 Å². The van der Waals surface area contributed by atoms with Gasteiger partial charge >= 0.3 is 6.09 Å². The Morgan fingerprint density at radius 1 is 1.47 bits per heavy atom. The van der Waals surface area contributed by atoms with Gasteiger partial charge in [0.2, 0.25) is 0 Å². The lowest BCUT2D eigenvalue weighted by molar-refractivity contribution is 0.104. The van der Waals surface area contributed by atoms with E-state index in [-0.39, 0.29) is 12.1 Å². The van der Waals surface area contributed by atoms with Gasteiger partial charge in [0.1, 0.15) is 6.61 Å². The maximum absolute atomic E-state index is 11.7. The Bertz CT molecular complexity index is 394. The molecule has 1 amide bonds. The molecule has 2 N–H and O–H groups in total. The molecule has 0 aromatic heterocycles. The minimum atomic E-state index is -0.277. The van der Waals surface area contributed by atoms with Crippen LogP contribution >= 0.6 is 15.9 Å². The highest BCUT2D eigenvalue weighted by Gasteiger charge is 2.24. The number of ether oxygens (including phenoxy) is 1. The van der Waals surface area contributed by atoms with Crippen LogP contribution in [0.3, 0.4) is 0 Å². The van der Waals surface area contributed by atoms with Gasteiger partial charge in [0.25, 0.3) is 0 Å². The molecule has 0 bridgehead atoms.